The van der Waals surface area contributed by atoms with Crippen LogP contribution in [-0.4, -0.2) is 72.1 Å². The van der Waals surface area contributed by atoms with E-state index in [-0.39, 0.29) is 29.4 Å². The quantitative estimate of drug-likeness (QED) is 0.302. The Kier molecular flexibility index (Phi) is 8.40. The van der Waals surface area contributed by atoms with E-state index >= 15 is 0 Å². The number of benzene rings is 2. The number of nitrogens with zero attached hydrogens (tertiary/aromatic N) is 2. The van der Waals surface area contributed by atoms with Gasteiger partial charge in [-0.05, 0) is 68.9 Å². The second-order valence-corrected chi connectivity index (χ2v) is 9.19. The third-order valence-corrected chi connectivity index (χ3v) is 5.64. The lowest BCUT2D eigenvalue weighted by Crippen LogP contribution is -2.35. The Morgan fingerprint density at radius 2 is 1.77 bits per heavy atom. The average molecular weight is 483 g/mol. The molecular formula is C27H34N2O6. The summed E-state index contributed by atoms with van der Waals surface area (Å²) in [5.74, 6) is -0.472. The van der Waals surface area contributed by atoms with Gasteiger partial charge in [0.2, 0.25) is 0 Å². The number of hydrogen-bond donors (Lipinski definition) is 2. The Morgan fingerprint density at radius 3 is 2.37 bits per heavy atom. The SMILES string of the molecule is CCOc1cc([C@@H]2/C(=C(\O)c3ccc(OCC(C)C)cc3)C(=O)C(=O)N2CCN(C)C)ccc1O. The molecule has 1 amide bonds. The molecule has 2 aromatic carbocycles. The lowest BCUT2D eigenvalue weighted by atomic mass is 9.95. The van der Waals surface area contributed by atoms with E-state index in [1.807, 2.05) is 19.0 Å². The predicted molar refractivity (Wildman–Crippen MR) is 134 cm³/mol. The number of carbonyl (C=O) groups is 2. The molecule has 1 saturated heterocycles. The van der Waals surface area contributed by atoms with E-state index in [9.17, 15) is 19.8 Å². The number of likely N-dealkylation sites (tertiary alicyclic amines) is 1. The summed E-state index contributed by atoms with van der Waals surface area (Å²) in [6.07, 6.45) is 0. The standard InChI is InChI=1S/C27H34N2O6/c1-6-34-22-15-19(9-12-21(22)30)24-23(26(32)27(33)29(24)14-13-28(4)5)25(31)18-7-10-20(11-8-18)35-16-17(2)3/h7-12,15,17,24,30-31H,6,13-14,16H2,1-5H3/b25-23+/t24-/m1/s1. The molecule has 8 nitrogen and oxygen atoms in total. The molecule has 0 aromatic heterocycles. The molecule has 35 heavy (non-hydrogen) atoms. The third-order valence-electron chi connectivity index (χ3n) is 5.64. The van der Waals surface area contributed by atoms with Crippen molar-refractivity contribution in [2.75, 3.05) is 40.4 Å². The normalized spacial score (nSPS) is 17.5. The number of hydrogen-bond acceptors (Lipinski definition) is 7. The molecular weight excluding hydrogens is 448 g/mol. The topological polar surface area (TPSA) is 99.5 Å². The molecule has 2 N–H and O–H groups in total. The number of aromatic hydroxyl groups is 1. The highest BCUT2D eigenvalue weighted by Crippen LogP contribution is 2.41. The van der Waals surface area contributed by atoms with Gasteiger partial charge < -0.3 is 29.5 Å². The summed E-state index contributed by atoms with van der Waals surface area (Å²) < 4.78 is 11.2. The molecule has 0 spiro atoms. The molecule has 2 aromatic rings. The maximum absolute atomic E-state index is 13.2. The van der Waals surface area contributed by atoms with Crippen LogP contribution in [0, 0.1) is 5.92 Å². The number of rotatable bonds is 10. The molecule has 1 aliphatic rings. The number of ketones is 1. The summed E-state index contributed by atoms with van der Waals surface area (Å²) in [7, 11) is 3.75. The van der Waals surface area contributed by atoms with E-state index in [0.717, 1.165) is 0 Å². The fourth-order valence-corrected chi connectivity index (χ4v) is 3.86. The summed E-state index contributed by atoms with van der Waals surface area (Å²) >= 11 is 0. The maximum atomic E-state index is 13.2. The van der Waals surface area contributed by atoms with Crippen molar-refractivity contribution in [2.45, 2.75) is 26.8 Å². The summed E-state index contributed by atoms with van der Waals surface area (Å²) in [5, 5.41) is 21.4. The fourth-order valence-electron chi connectivity index (χ4n) is 3.86. The van der Waals surface area contributed by atoms with E-state index in [4.69, 9.17) is 9.47 Å². The highest BCUT2D eigenvalue weighted by molar-refractivity contribution is 6.46. The van der Waals surface area contributed by atoms with Gasteiger partial charge in [0.15, 0.2) is 11.5 Å². The number of phenols is 1. The summed E-state index contributed by atoms with van der Waals surface area (Å²) in [4.78, 5) is 29.6. The monoisotopic (exact) mass is 482 g/mol. The van der Waals surface area contributed by atoms with Crippen molar-refractivity contribution in [3.8, 4) is 17.2 Å². The molecule has 0 bridgehead atoms. The van der Waals surface area contributed by atoms with Crippen molar-refractivity contribution in [3.05, 3.63) is 59.2 Å². The number of ether oxygens (including phenoxy) is 2. The van der Waals surface area contributed by atoms with Gasteiger partial charge in [0.1, 0.15) is 11.5 Å². The van der Waals surface area contributed by atoms with Crippen molar-refractivity contribution in [2.24, 2.45) is 5.92 Å². The van der Waals surface area contributed by atoms with Crippen LogP contribution in [0.3, 0.4) is 0 Å². The van der Waals surface area contributed by atoms with Gasteiger partial charge in [0.25, 0.3) is 11.7 Å². The van der Waals surface area contributed by atoms with Crippen molar-refractivity contribution < 1.29 is 29.3 Å². The lowest BCUT2D eigenvalue weighted by molar-refractivity contribution is -0.140. The Bertz CT molecular complexity index is 1090. The Hall–Kier alpha value is -3.52. The van der Waals surface area contributed by atoms with Crippen molar-refractivity contribution in [1.29, 1.82) is 0 Å². The Labute approximate surface area is 206 Å². The first-order chi connectivity index (χ1) is 16.6. The van der Waals surface area contributed by atoms with Crippen LogP contribution in [0.4, 0.5) is 0 Å². The third kappa shape index (κ3) is 5.95. The summed E-state index contributed by atoms with van der Waals surface area (Å²) in [6, 6.07) is 10.7. The van der Waals surface area contributed by atoms with Gasteiger partial charge in [-0.25, -0.2) is 0 Å². The van der Waals surface area contributed by atoms with E-state index in [1.165, 1.54) is 11.0 Å². The minimum absolute atomic E-state index is 0.00209. The number of carbonyl (C=O) groups excluding carboxylic acids is 2. The van der Waals surface area contributed by atoms with Crippen LogP contribution in [0.1, 0.15) is 37.9 Å². The first kappa shape index (κ1) is 26.1. The minimum Gasteiger partial charge on any atom is -0.507 e. The van der Waals surface area contributed by atoms with Gasteiger partial charge in [0.05, 0.1) is 24.8 Å². The molecule has 188 valence electrons. The molecule has 1 heterocycles. The van der Waals surface area contributed by atoms with Crippen LogP contribution >= 0.6 is 0 Å². The minimum atomic E-state index is -0.827. The number of amides is 1. The molecule has 0 radical (unpaired) electrons. The van der Waals surface area contributed by atoms with Gasteiger partial charge >= 0.3 is 0 Å². The van der Waals surface area contributed by atoms with Gasteiger partial charge in [-0.2, -0.15) is 0 Å². The number of phenolic OH excluding ortho intramolecular Hbond substituents is 1. The van der Waals surface area contributed by atoms with E-state index in [0.29, 0.717) is 42.6 Å². The number of Topliss-reactive ketones (excluding diaryl/α,β-unsaturated/α-hetero) is 1. The van der Waals surface area contributed by atoms with Crippen molar-refractivity contribution >= 4 is 17.4 Å². The van der Waals surface area contributed by atoms with Crippen LogP contribution < -0.4 is 9.47 Å². The van der Waals surface area contributed by atoms with E-state index in [2.05, 4.69) is 13.8 Å². The zero-order valence-electron chi connectivity index (χ0n) is 20.9. The fraction of sp³-hybridized carbons (Fsp3) is 0.407. The summed E-state index contributed by atoms with van der Waals surface area (Å²) in [5.41, 5.74) is 0.960. The maximum Gasteiger partial charge on any atom is 0.295 e. The molecule has 1 fully saturated rings. The van der Waals surface area contributed by atoms with Crippen LogP contribution in [0.2, 0.25) is 0 Å². The van der Waals surface area contributed by atoms with Crippen LogP contribution in [0.25, 0.3) is 5.76 Å². The van der Waals surface area contributed by atoms with E-state index in [1.54, 1.807) is 43.3 Å². The van der Waals surface area contributed by atoms with Crippen LogP contribution in [-0.2, 0) is 9.59 Å². The predicted octanol–water partition coefficient (Wildman–Crippen LogP) is 3.81. The number of aliphatic hydroxyl groups excluding tert-OH is 1. The molecule has 3 rings (SSSR count). The molecule has 8 heteroatoms. The molecule has 1 aliphatic heterocycles. The van der Waals surface area contributed by atoms with Gasteiger partial charge in [-0.1, -0.05) is 19.9 Å². The van der Waals surface area contributed by atoms with Gasteiger partial charge in [-0.15, -0.1) is 0 Å². The Balaban J connectivity index is 2.07. The Morgan fingerprint density at radius 1 is 1.09 bits per heavy atom. The summed E-state index contributed by atoms with van der Waals surface area (Å²) in [6.45, 7) is 7.61. The van der Waals surface area contributed by atoms with E-state index < -0.39 is 17.7 Å². The molecule has 0 aliphatic carbocycles. The van der Waals surface area contributed by atoms with Crippen molar-refractivity contribution in [1.82, 2.24) is 9.80 Å². The largest absolute Gasteiger partial charge is 0.507 e. The smallest absolute Gasteiger partial charge is 0.295 e. The van der Waals surface area contributed by atoms with Crippen LogP contribution in [0.15, 0.2) is 48.0 Å². The first-order valence-electron chi connectivity index (χ1n) is 11.8. The molecule has 0 saturated carbocycles. The van der Waals surface area contributed by atoms with Gasteiger partial charge in [-0.3, -0.25) is 9.59 Å². The second-order valence-electron chi connectivity index (χ2n) is 9.19. The van der Waals surface area contributed by atoms with Crippen molar-refractivity contribution in [3.63, 3.8) is 0 Å². The lowest BCUT2D eigenvalue weighted by Gasteiger charge is -2.27. The average Bonchev–Trinajstić information content (AvgIpc) is 3.07. The highest BCUT2D eigenvalue weighted by Gasteiger charge is 2.46. The zero-order chi connectivity index (χ0) is 25.7. The molecule has 1 atom stereocenters. The van der Waals surface area contributed by atoms with Gasteiger partial charge in [0, 0.05) is 18.7 Å². The zero-order valence-corrected chi connectivity index (χ0v) is 20.9. The molecule has 0 unspecified atom stereocenters. The number of aliphatic hydroxyl groups is 1. The van der Waals surface area contributed by atoms with Crippen LogP contribution in [0.5, 0.6) is 17.2 Å². The highest BCUT2D eigenvalue weighted by atomic mass is 16.5. The number of likely N-dealkylation sites (N-methyl/N-ethyl adjacent to an activating group) is 1. The first-order valence-corrected chi connectivity index (χ1v) is 11.8. The second kappa shape index (κ2) is 11.3.